The molecule has 3 rings (SSSR count). The monoisotopic (exact) mass is 345 g/mol. The summed E-state index contributed by atoms with van der Waals surface area (Å²) < 4.78 is 19.3. The topological polar surface area (TPSA) is 55.1 Å². The van der Waals surface area contributed by atoms with Crippen LogP contribution in [-0.2, 0) is 0 Å². The van der Waals surface area contributed by atoms with Gasteiger partial charge >= 0.3 is 0 Å². The van der Waals surface area contributed by atoms with Gasteiger partial charge in [-0.15, -0.1) is 0 Å². The maximum absolute atomic E-state index is 13.8. The van der Waals surface area contributed by atoms with E-state index < -0.39 is 6.17 Å². The van der Waals surface area contributed by atoms with Crippen molar-refractivity contribution in [2.24, 2.45) is 4.99 Å². The Kier molecular flexibility index (Phi) is 4.56. The zero-order valence-corrected chi connectivity index (χ0v) is 15.2. The molecule has 0 saturated carbocycles. The maximum Gasteiger partial charge on any atom is 0.143 e. The van der Waals surface area contributed by atoms with Gasteiger partial charge in [0.2, 0.25) is 0 Å². The molecular formula is C18H24FN5O. The van der Waals surface area contributed by atoms with Crippen LogP contribution in [0.5, 0.6) is 5.75 Å². The SMILES string of the molecule is COc1ccc(/N=C/N(C)C)c(C#N)c1N1CC2(CC(F)CN2C)C1. The Morgan fingerprint density at radius 1 is 1.44 bits per heavy atom. The van der Waals surface area contributed by atoms with Crippen molar-refractivity contribution in [2.45, 2.75) is 18.1 Å². The second-order valence-corrected chi connectivity index (χ2v) is 7.09. The van der Waals surface area contributed by atoms with E-state index in [-0.39, 0.29) is 5.54 Å². The lowest BCUT2D eigenvalue weighted by atomic mass is 9.85. The molecule has 7 heteroatoms. The number of halogens is 1. The quantitative estimate of drug-likeness (QED) is 0.617. The minimum absolute atomic E-state index is 0.139. The van der Waals surface area contributed by atoms with Crippen LogP contribution in [0.1, 0.15) is 12.0 Å². The van der Waals surface area contributed by atoms with E-state index in [9.17, 15) is 9.65 Å². The number of benzene rings is 1. The van der Waals surface area contributed by atoms with E-state index >= 15 is 0 Å². The van der Waals surface area contributed by atoms with Gasteiger partial charge in [0.1, 0.15) is 23.6 Å². The first-order chi connectivity index (χ1) is 11.9. The van der Waals surface area contributed by atoms with E-state index in [1.807, 2.05) is 32.1 Å². The van der Waals surface area contributed by atoms with Crippen LogP contribution in [0.15, 0.2) is 17.1 Å². The van der Waals surface area contributed by atoms with Crippen molar-refractivity contribution in [3.63, 3.8) is 0 Å². The van der Waals surface area contributed by atoms with Crippen LogP contribution in [0.2, 0.25) is 0 Å². The van der Waals surface area contributed by atoms with Crippen molar-refractivity contribution in [2.75, 3.05) is 52.8 Å². The van der Waals surface area contributed by atoms with E-state index in [2.05, 4.69) is 20.9 Å². The van der Waals surface area contributed by atoms with Crippen molar-refractivity contribution < 1.29 is 9.13 Å². The van der Waals surface area contributed by atoms with Crippen molar-refractivity contribution in [1.82, 2.24) is 9.80 Å². The molecule has 25 heavy (non-hydrogen) atoms. The third-order valence-corrected chi connectivity index (χ3v) is 5.05. The molecule has 134 valence electrons. The summed E-state index contributed by atoms with van der Waals surface area (Å²) in [4.78, 5) is 10.4. The Balaban J connectivity index is 1.93. The number of ether oxygens (including phenoxy) is 1. The van der Waals surface area contributed by atoms with E-state index in [0.717, 1.165) is 5.69 Å². The molecule has 1 aromatic rings. The molecule has 1 unspecified atom stereocenters. The Morgan fingerprint density at radius 2 is 2.16 bits per heavy atom. The number of alkyl halides is 1. The largest absolute Gasteiger partial charge is 0.495 e. The fraction of sp³-hybridized carbons (Fsp3) is 0.556. The molecule has 6 nitrogen and oxygen atoms in total. The Labute approximate surface area is 148 Å². The minimum atomic E-state index is -0.777. The number of hydrogen-bond acceptors (Lipinski definition) is 5. The van der Waals surface area contributed by atoms with Gasteiger partial charge in [-0.2, -0.15) is 5.26 Å². The lowest BCUT2D eigenvalue weighted by molar-refractivity contribution is 0.132. The number of nitriles is 1. The molecule has 0 aliphatic carbocycles. The molecule has 1 atom stereocenters. The van der Waals surface area contributed by atoms with E-state index in [1.54, 1.807) is 19.5 Å². The third-order valence-electron chi connectivity index (χ3n) is 5.05. The van der Waals surface area contributed by atoms with E-state index in [4.69, 9.17) is 4.74 Å². The summed E-state index contributed by atoms with van der Waals surface area (Å²) in [7, 11) is 7.32. The lowest BCUT2D eigenvalue weighted by Crippen LogP contribution is -2.67. The average Bonchev–Trinajstić information content (AvgIpc) is 2.84. The molecule has 2 aliphatic rings. The second-order valence-electron chi connectivity index (χ2n) is 7.09. The normalized spacial score (nSPS) is 22.2. The highest BCUT2D eigenvalue weighted by atomic mass is 19.1. The number of likely N-dealkylation sites (tertiary alicyclic amines) is 1. The number of rotatable bonds is 4. The first kappa shape index (κ1) is 17.5. The molecule has 0 aromatic heterocycles. The summed E-state index contributed by atoms with van der Waals surface area (Å²) in [6.45, 7) is 1.86. The third kappa shape index (κ3) is 3.02. The highest BCUT2D eigenvalue weighted by Crippen LogP contribution is 2.45. The fourth-order valence-electron chi connectivity index (χ4n) is 3.75. The molecule has 2 saturated heterocycles. The summed E-state index contributed by atoms with van der Waals surface area (Å²) in [5.41, 5.74) is 1.71. The van der Waals surface area contributed by atoms with Gasteiger partial charge < -0.3 is 14.5 Å². The zero-order chi connectivity index (χ0) is 18.2. The van der Waals surface area contributed by atoms with Crippen LogP contribution in [0.25, 0.3) is 0 Å². The summed E-state index contributed by atoms with van der Waals surface area (Å²) in [6, 6.07) is 5.89. The number of nitrogens with zero attached hydrogens (tertiary/aromatic N) is 5. The molecule has 0 radical (unpaired) electrons. The molecule has 0 N–H and O–H groups in total. The summed E-state index contributed by atoms with van der Waals surface area (Å²) in [6.07, 6.45) is 1.44. The number of anilines is 1. The minimum Gasteiger partial charge on any atom is -0.495 e. The lowest BCUT2D eigenvalue weighted by Gasteiger charge is -2.53. The standard InChI is InChI=1S/C18H24FN5O/c1-22(2)12-21-15-5-6-16(25-4)17(14(15)8-20)24-10-18(11-24)7-13(19)9-23(18)3/h5-6,12-13H,7,9-11H2,1-4H3/b21-12+. The van der Waals surface area contributed by atoms with E-state index in [1.165, 1.54) is 0 Å². The number of likely N-dealkylation sites (N-methyl/N-ethyl adjacent to an activating group) is 1. The molecule has 1 spiro atoms. The number of methoxy groups -OCH3 is 1. The Bertz CT molecular complexity index is 721. The number of aliphatic imine (C=N–C) groups is 1. The van der Waals surface area contributed by atoms with Crippen LogP contribution in [0, 0.1) is 11.3 Å². The maximum atomic E-state index is 13.8. The van der Waals surface area contributed by atoms with Crippen LogP contribution in [-0.4, -0.2) is 75.7 Å². The van der Waals surface area contributed by atoms with Gasteiger partial charge in [0, 0.05) is 40.2 Å². The summed E-state index contributed by atoms with van der Waals surface area (Å²) in [5.74, 6) is 0.646. The van der Waals surface area contributed by atoms with Gasteiger partial charge in [0.25, 0.3) is 0 Å². The Hall–Kier alpha value is -2.33. The molecule has 1 aromatic carbocycles. The average molecular weight is 345 g/mol. The van der Waals surface area contributed by atoms with Gasteiger partial charge in [0.05, 0.1) is 30.4 Å². The van der Waals surface area contributed by atoms with Crippen LogP contribution < -0.4 is 9.64 Å². The second kappa shape index (κ2) is 6.52. The van der Waals surface area contributed by atoms with Crippen LogP contribution >= 0.6 is 0 Å². The molecule has 0 bridgehead atoms. The Morgan fingerprint density at radius 3 is 2.68 bits per heavy atom. The highest BCUT2D eigenvalue weighted by Gasteiger charge is 2.53. The molecule has 2 fully saturated rings. The first-order valence-corrected chi connectivity index (χ1v) is 8.32. The van der Waals surface area contributed by atoms with Gasteiger partial charge in [-0.1, -0.05) is 0 Å². The summed E-state index contributed by atoms with van der Waals surface area (Å²) in [5, 5.41) is 9.71. The van der Waals surface area contributed by atoms with Crippen LogP contribution in [0.3, 0.4) is 0 Å². The molecule has 0 amide bonds. The van der Waals surface area contributed by atoms with Crippen molar-refractivity contribution in [3.05, 3.63) is 17.7 Å². The van der Waals surface area contributed by atoms with E-state index in [0.29, 0.717) is 43.1 Å². The fourth-order valence-corrected chi connectivity index (χ4v) is 3.75. The zero-order valence-electron chi connectivity index (χ0n) is 15.2. The van der Waals surface area contributed by atoms with Crippen molar-refractivity contribution >= 4 is 17.7 Å². The van der Waals surface area contributed by atoms with Crippen molar-refractivity contribution in [1.29, 1.82) is 5.26 Å². The number of hydrogen-bond donors (Lipinski definition) is 0. The predicted octanol–water partition coefficient (Wildman–Crippen LogP) is 2.02. The molecule has 2 aliphatic heterocycles. The van der Waals surface area contributed by atoms with Gasteiger partial charge in [-0.05, 0) is 19.2 Å². The first-order valence-electron chi connectivity index (χ1n) is 8.32. The predicted molar refractivity (Wildman–Crippen MR) is 96.6 cm³/mol. The highest BCUT2D eigenvalue weighted by molar-refractivity contribution is 5.79. The summed E-state index contributed by atoms with van der Waals surface area (Å²) >= 11 is 0. The van der Waals surface area contributed by atoms with Crippen LogP contribution in [0.4, 0.5) is 15.8 Å². The van der Waals surface area contributed by atoms with Crippen molar-refractivity contribution in [3.8, 4) is 11.8 Å². The van der Waals surface area contributed by atoms with Gasteiger partial charge in [0.15, 0.2) is 0 Å². The smallest absolute Gasteiger partial charge is 0.143 e. The molecule has 2 heterocycles. The van der Waals surface area contributed by atoms with Gasteiger partial charge in [-0.3, -0.25) is 4.90 Å². The van der Waals surface area contributed by atoms with Gasteiger partial charge in [-0.25, -0.2) is 9.38 Å². The molecular weight excluding hydrogens is 321 g/mol.